The molecule has 0 radical (unpaired) electrons. The van der Waals surface area contributed by atoms with Crippen molar-refractivity contribution in [3.8, 4) is 5.75 Å². The van der Waals surface area contributed by atoms with Crippen LogP contribution >= 0.6 is 0 Å². The lowest BCUT2D eigenvalue weighted by Crippen LogP contribution is -2.26. The maximum atomic E-state index is 13.0. The van der Waals surface area contributed by atoms with Crippen LogP contribution in [0.2, 0.25) is 0 Å². The Hall–Kier alpha value is -2.82. The van der Waals surface area contributed by atoms with Crippen molar-refractivity contribution in [3.05, 3.63) is 58.3 Å². The normalized spacial score (nSPS) is 18.9. The van der Waals surface area contributed by atoms with Crippen LogP contribution in [0, 0.1) is 0 Å². The third kappa shape index (κ3) is 3.97. The van der Waals surface area contributed by atoms with Crippen LogP contribution < -0.4 is 0 Å². The molecule has 0 saturated heterocycles. The van der Waals surface area contributed by atoms with E-state index in [1.54, 1.807) is 42.2 Å². The zero-order valence-electron chi connectivity index (χ0n) is 15.8. The van der Waals surface area contributed by atoms with Crippen molar-refractivity contribution in [2.75, 3.05) is 13.7 Å². The van der Waals surface area contributed by atoms with Crippen molar-refractivity contribution in [3.63, 3.8) is 0 Å². The van der Waals surface area contributed by atoms with Crippen LogP contribution in [0.1, 0.15) is 44.6 Å². The van der Waals surface area contributed by atoms with Crippen molar-refractivity contribution < 1.29 is 19.4 Å². The van der Waals surface area contributed by atoms with Gasteiger partial charge in [-0.15, -0.1) is 0 Å². The number of hydrogen-bond acceptors (Lipinski definition) is 4. The van der Waals surface area contributed by atoms with Crippen LogP contribution in [-0.2, 0) is 14.3 Å². The summed E-state index contributed by atoms with van der Waals surface area (Å²) in [5, 5.41) is 10.0. The summed E-state index contributed by atoms with van der Waals surface area (Å²) in [6.07, 6.45) is 9.24. The molecule has 2 aliphatic rings. The van der Waals surface area contributed by atoms with Gasteiger partial charge in [0, 0.05) is 17.8 Å². The Bertz CT molecular complexity index is 848. The number of nitrogens with zero attached hydrogens (tertiary/aromatic N) is 1. The lowest BCUT2D eigenvalue weighted by molar-refractivity contribution is -0.136. The van der Waals surface area contributed by atoms with Gasteiger partial charge in [0.2, 0.25) is 0 Å². The third-order valence-electron chi connectivity index (χ3n) is 5.18. The van der Waals surface area contributed by atoms with Gasteiger partial charge in [-0.05, 0) is 51.2 Å². The molecule has 1 aromatic carbocycles. The number of carbonyl (C=O) groups is 2. The number of phenols is 1. The fourth-order valence-corrected chi connectivity index (χ4v) is 3.65. The number of carbonyl (C=O) groups excluding carboxylic acids is 2. The topological polar surface area (TPSA) is 66.8 Å². The van der Waals surface area contributed by atoms with Crippen LogP contribution in [0.4, 0.5) is 0 Å². The average Bonchev–Trinajstić information content (AvgIpc) is 2.92. The highest BCUT2D eigenvalue weighted by molar-refractivity contribution is 6.16. The van der Waals surface area contributed by atoms with Gasteiger partial charge in [0.15, 0.2) is 0 Å². The quantitative estimate of drug-likeness (QED) is 0.486. The van der Waals surface area contributed by atoms with Crippen LogP contribution in [-0.4, -0.2) is 35.5 Å². The maximum Gasteiger partial charge on any atom is 0.340 e. The van der Waals surface area contributed by atoms with Crippen LogP contribution in [0.25, 0.3) is 6.08 Å². The van der Waals surface area contributed by atoms with Gasteiger partial charge in [-0.2, -0.15) is 0 Å². The SMILES string of the molecule is COC(=O)C1=C(C)N(CCC2=CCCCC2)C(=O)/C1=C\c1ccccc1O. The second kappa shape index (κ2) is 8.25. The molecule has 3 rings (SSSR count). The molecule has 1 aliphatic carbocycles. The van der Waals surface area contributed by atoms with Gasteiger partial charge in [0.25, 0.3) is 5.91 Å². The van der Waals surface area contributed by atoms with E-state index in [0.717, 1.165) is 19.3 Å². The van der Waals surface area contributed by atoms with E-state index in [-0.39, 0.29) is 22.8 Å². The lowest BCUT2D eigenvalue weighted by atomic mass is 9.97. The summed E-state index contributed by atoms with van der Waals surface area (Å²) < 4.78 is 4.90. The standard InChI is InChI=1S/C22H25NO4/c1-15-20(22(26)27-2)18(14-17-10-6-7-11-19(17)24)21(25)23(15)13-12-16-8-4-3-5-9-16/h6-8,10-11,14,24H,3-5,9,12-13H2,1-2H3/b18-14-. The fourth-order valence-electron chi connectivity index (χ4n) is 3.65. The van der Waals surface area contributed by atoms with Gasteiger partial charge in [-0.3, -0.25) is 4.79 Å². The summed E-state index contributed by atoms with van der Waals surface area (Å²) in [5.74, 6) is -0.708. The van der Waals surface area contributed by atoms with Crippen molar-refractivity contribution in [2.45, 2.75) is 39.0 Å². The number of hydrogen-bond donors (Lipinski definition) is 1. The molecule has 27 heavy (non-hydrogen) atoms. The minimum absolute atomic E-state index is 0.0606. The first kappa shape index (κ1) is 19.0. The Labute approximate surface area is 159 Å². The summed E-state index contributed by atoms with van der Waals surface area (Å²) in [6, 6.07) is 6.73. The number of methoxy groups -OCH3 is 1. The Kier molecular flexibility index (Phi) is 5.79. The van der Waals surface area contributed by atoms with Gasteiger partial charge in [-0.1, -0.05) is 29.8 Å². The molecule has 1 amide bonds. The number of aromatic hydroxyl groups is 1. The monoisotopic (exact) mass is 367 g/mol. The Morgan fingerprint density at radius 1 is 1.30 bits per heavy atom. The molecule has 0 unspecified atom stereocenters. The molecule has 0 fully saturated rings. The number of esters is 1. The predicted octanol–water partition coefficient (Wildman–Crippen LogP) is 3.96. The minimum atomic E-state index is -0.540. The molecule has 5 heteroatoms. The molecule has 1 aliphatic heterocycles. The number of para-hydroxylation sites is 1. The Morgan fingerprint density at radius 2 is 2.07 bits per heavy atom. The average molecular weight is 367 g/mol. The van der Waals surface area contributed by atoms with Crippen molar-refractivity contribution in [2.24, 2.45) is 0 Å². The Morgan fingerprint density at radius 3 is 2.74 bits per heavy atom. The molecule has 142 valence electrons. The summed E-state index contributed by atoms with van der Waals surface area (Å²) in [7, 11) is 1.31. The van der Waals surface area contributed by atoms with Gasteiger partial charge in [-0.25, -0.2) is 4.79 Å². The first-order chi connectivity index (χ1) is 13.0. The number of rotatable bonds is 5. The highest BCUT2D eigenvalue weighted by atomic mass is 16.5. The van der Waals surface area contributed by atoms with E-state index in [1.165, 1.54) is 25.5 Å². The van der Waals surface area contributed by atoms with Crippen molar-refractivity contribution >= 4 is 18.0 Å². The van der Waals surface area contributed by atoms with E-state index in [4.69, 9.17) is 4.74 Å². The van der Waals surface area contributed by atoms with Crippen LogP contribution in [0.5, 0.6) is 5.75 Å². The molecule has 0 atom stereocenters. The zero-order valence-corrected chi connectivity index (χ0v) is 15.8. The molecular weight excluding hydrogens is 342 g/mol. The van der Waals surface area contributed by atoms with Crippen LogP contribution in [0.3, 0.4) is 0 Å². The van der Waals surface area contributed by atoms with E-state index in [9.17, 15) is 14.7 Å². The van der Waals surface area contributed by atoms with Gasteiger partial charge < -0.3 is 14.7 Å². The molecule has 0 saturated carbocycles. The molecule has 1 heterocycles. The Balaban J connectivity index is 1.91. The summed E-state index contributed by atoms with van der Waals surface area (Å²) >= 11 is 0. The first-order valence-electron chi connectivity index (χ1n) is 9.32. The van der Waals surface area contributed by atoms with E-state index in [0.29, 0.717) is 17.8 Å². The van der Waals surface area contributed by atoms with Gasteiger partial charge >= 0.3 is 5.97 Å². The minimum Gasteiger partial charge on any atom is -0.507 e. The van der Waals surface area contributed by atoms with Crippen molar-refractivity contribution in [1.82, 2.24) is 4.90 Å². The predicted molar refractivity (Wildman–Crippen MR) is 104 cm³/mol. The summed E-state index contributed by atoms with van der Waals surface area (Å²) in [4.78, 5) is 27.0. The fraction of sp³-hybridized carbons (Fsp3) is 0.364. The molecular formula is C22H25NO4. The second-order valence-corrected chi connectivity index (χ2v) is 6.88. The molecule has 0 aromatic heterocycles. The number of benzene rings is 1. The number of allylic oxidation sites excluding steroid dienone is 2. The lowest BCUT2D eigenvalue weighted by Gasteiger charge is -2.20. The van der Waals surface area contributed by atoms with E-state index >= 15 is 0 Å². The first-order valence-corrected chi connectivity index (χ1v) is 9.32. The molecule has 0 spiro atoms. The summed E-state index contributed by atoms with van der Waals surface area (Å²) in [5.41, 5.74) is 3.00. The van der Waals surface area contributed by atoms with Gasteiger partial charge in [0.05, 0.1) is 18.3 Å². The number of amides is 1. The number of phenolic OH excluding ortho intramolecular Hbond substituents is 1. The highest BCUT2D eigenvalue weighted by Crippen LogP contribution is 2.33. The van der Waals surface area contributed by atoms with E-state index in [1.807, 2.05) is 0 Å². The van der Waals surface area contributed by atoms with Crippen molar-refractivity contribution in [1.29, 1.82) is 0 Å². The van der Waals surface area contributed by atoms with Gasteiger partial charge in [0.1, 0.15) is 5.75 Å². The summed E-state index contributed by atoms with van der Waals surface area (Å²) in [6.45, 7) is 2.31. The zero-order chi connectivity index (χ0) is 19.4. The molecule has 1 N–H and O–H groups in total. The third-order valence-corrected chi connectivity index (χ3v) is 5.18. The maximum absolute atomic E-state index is 13.0. The molecule has 5 nitrogen and oxygen atoms in total. The van der Waals surface area contributed by atoms with E-state index in [2.05, 4.69) is 6.08 Å². The second-order valence-electron chi connectivity index (χ2n) is 6.88. The van der Waals surface area contributed by atoms with Crippen LogP contribution in [0.15, 0.2) is 52.8 Å². The smallest absolute Gasteiger partial charge is 0.340 e. The molecule has 1 aromatic rings. The highest BCUT2D eigenvalue weighted by Gasteiger charge is 2.36. The molecule has 0 bridgehead atoms. The number of ether oxygens (including phenoxy) is 1. The van der Waals surface area contributed by atoms with E-state index < -0.39 is 5.97 Å². The largest absolute Gasteiger partial charge is 0.507 e.